The molecular weight excluding hydrogens is 206 g/mol. The number of carbonyl (C=O) groups is 2. The summed E-state index contributed by atoms with van der Waals surface area (Å²) in [5.41, 5.74) is 0. The largest absolute Gasteiger partial charge is 0.336 e. The SMILES string of the molecule is O=C1CCC(N2CCN3C(=O)NCC3C2)C1. The molecule has 0 bridgehead atoms. The van der Waals surface area contributed by atoms with Crippen molar-refractivity contribution < 1.29 is 9.59 Å². The Morgan fingerprint density at radius 2 is 2.06 bits per heavy atom. The molecule has 3 rings (SSSR count). The second-order valence-electron chi connectivity index (χ2n) is 4.96. The number of urea groups is 1. The first-order valence-electron chi connectivity index (χ1n) is 6.04. The van der Waals surface area contributed by atoms with Gasteiger partial charge >= 0.3 is 6.03 Å². The summed E-state index contributed by atoms with van der Waals surface area (Å²) < 4.78 is 0. The molecule has 2 saturated heterocycles. The van der Waals surface area contributed by atoms with E-state index in [0.29, 0.717) is 24.3 Å². The second-order valence-corrected chi connectivity index (χ2v) is 4.96. The van der Waals surface area contributed by atoms with Crippen LogP contribution in [0.1, 0.15) is 19.3 Å². The maximum absolute atomic E-state index is 11.4. The Morgan fingerprint density at radius 3 is 2.81 bits per heavy atom. The van der Waals surface area contributed by atoms with Gasteiger partial charge in [0.2, 0.25) is 0 Å². The smallest absolute Gasteiger partial charge is 0.317 e. The number of ketones is 1. The summed E-state index contributed by atoms with van der Waals surface area (Å²) in [6.07, 6.45) is 2.47. The van der Waals surface area contributed by atoms with Gasteiger partial charge < -0.3 is 10.2 Å². The van der Waals surface area contributed by atoms with Crippen LogP contribution in [0.3, 0.4) is 0 Å². The van der Waals surface area contributed by atoms with Crippen molar-refractivity contribution in [1.29, 1.82) is 0 Å². The van der Waals surface area contributed by atoms with Crippen LogP contribution < -0.4 is 5.32 Å². The Morgan fingerprint density at radius 1 is 1.19 bits per heavy atom. The molecule has 0 aromatic rings. The van der Waals surface area contributed by atoms with Crippen LogP contribution in [0.5, 0.6) is 0 Å². The maximum Gasteiger partial charge on any atom is 0.317 e. The monoisotopic (exact) mass is 223 g/mol. The molecule has 2 heterocycles. The van der Waals surface area contributed by atoms with E-state index >= 15 is 0 Å². The minimum atomic E-state index is 0.0761. The van der Waals surface area contributed by atoms with Crippen molar-refractivity contribution in [3.05, 3.63) is 0 Å². The maximum atomic E-state index is 11.4. The van der Waals surface area contributed by atoms with E-state index < -0.39 is 0 Å². The van der Waals surface area contributed by atoms with Gasteiger partial charge in [0.05, 0.1) is 6.04 Å². The van der Waals surface area contributed by atoms with Gasteiger partial charge in [-0.2, -0.15) is 0 Å². The third-order valence-electron chi connectivity index (χ3n) is 4.00. The number of nitrogens with zero attached hydrogens (tertiary/aromatic N) is 2. The highest BCUT2D eigenvalue weighted by Gasteiger charge is 2.38. The molecule has 1 saturated carbocycles. The lowest BCUT2D eigenvalue weighted by Gasteiger charge is -2.39. The quantitative estimate of drug-likeness (QED) is 0.671. The number of carbonyl (C=O) groups excluding carboxylic acids is 2. The van der Waals surface area contributed by atoms with E-state index in [1.54, 1.807) is 0 Å². The topological polar surface area (TPSA) is 52.7 Å². The van der Waals surface area contributed by atoms with Gasteiger partial charge in [0.1, 0.15) is 5.78 Å². The van der Waals surface area contributed by atoms with Crippen LogP contribution in [-0.4, -0.2) is 59.9 Å². The van der Waals surface area contributed by atoms with Crippen LogP contribution >= 0.6 is 0 Å². The molecule has 2 amide bonds. The van der Waals surface area contributed by atoms with E-state index in [-0.39, 0.29) is 6.03 Å². The molecule has 3 fully saturated rings. The van der Waals surface area contributed by atoms with Gasteiger partial charge in [-0.05, 0) is 6.42 Å². The Labute approximate surface area is 94.8 Å². The molecule has 3 aliphatic rings. The average molecular weight is 223 g/mol. The van der Waals surface area contributed by atoms with Crippen molar-refractivity contribution in [3.8, 4) is 0 Å². The van der Waals surface area contributed by atoms with E-state index in [1.807, 2.05) is 4.90 Å². The van der Waals surface area contributed by atoms with Crippen LogP contribution in [-0.2, 0) is 4.79 Å². The first kappa shape index (κ1) is 10.1. The number of amides is 2. The molecule has 0 spiro atoms. The fourth-order valence-corrected chi connectivity index (χ4v) is 3.07. The van der Waals surface area contributed by atoms with Gasteiger partial charge in [0.25, 0.3) is 0 Å². The molecule has 88 valence electrons. The Balaban J connectivity index is 1.64. The number of fused-ring (bicyclic) bond motifs is 1. The lowest BCUT2D eigenvalue weighted by Crippen LogP contribution is -2.54. The zero-order valence-electron chi connectivity index (χ0n) is 9.32. The standard InChI is InChI=1S/C11H17N3O2/c15-10-2-1-8(5-10)13-3-4-14-9(7-13)6-12-11(14)16/h8-9H,1-7H2,(H,12,16). The highest BCUT2D eigenvalue weighted by molar-refractivity contribution is 5.81. The van der Waals surface area contributed by atoms with Gasteiger partial charge in [-0.15, -0.1) is 0 Å². The van der Waals surface area contributed by atoms with Crippen molar-refractivity contribution in [2.24, 2.45) is 0 Å². The van der Waals surface area contributed by atoms with Crippen molar-refractivity contribution in [2.45, 2.75) is 31.3 Å². The third kappa shape index (κ3) is 1.59. The highest BCUT2D eigenvalue weighted by Crippen LogP contribution is 2.24. The molecular formula is C11H17N3O2. The number of hydrogen-bond acceptors (Lipinski definition) is 3. The summed E-state index contributed by atoms with van der Waals surface area (Å²) in [6, 6.07) is 0.828. The first-order valence-corrected chi connectivity index (χ1v) is 6.04. The van der Waals surface area contributed by atoms with Gasteiger partial charge in [0.15, 0.2) is 0 Å². The third-order valence-corrected chi connectivity index (χ3v) is 4.00. The van der Waals surface area contributed by atoms with E-state index in [0.717, 1.165) is 39.0 Å². The van der Waals surface area contributed by atoms with Crippen LogP contribution in [0.15, 0.2) is 0 Å². The molecule has 0 aromatic heterocycles. The highest BCUT2D eigenvalue weighted by atomic mass is 16.2. The minimum absolute atomic E-state index is 0.0761. The fraction of sp³-hybridized carbons (Fsp3) is 0.818. The van der Waals surface area contributed by atoms with E-state index in [9.17, 15) is 9.59 Å². The summed E-state index contributed by atoms with van der Waals surface area (Å²) in [5, 5.41) is 2.87. The number of nitrogens with one attached hydrogen (secondary N) is 1. The van der Waals surface area contributed by atoms with Gasteiger partial charge in [-0.1, -0.05) is 0 Å². The summed E-state index contributed by atoms with van der Waals surface area (Å²) in [5.74, 6) is 0.396. The molecule has 0 radical (unpaired) electrons. The van der Waals surface area contributed by atoms with Crippen molar-refractivity contribution in [3.63, 3.8) is 0 Å². The molecule has 5 heteroatoms. The predicted molar refractivity (Wildman–Crippen MR) is 58.1 cm³/mol. The lowest BCUT2D eigenvalue weighted by atomic mass is 10.1. The van der Waals surface area contributed by atoms with Crippen molar-refractivity contribution >= 4 is 11.8 Å². The van der Waals surface area contributed by atoms with Crippen LogP contribution in [0, 0.1) is 0 Å². The normalized spacial score (nSPS) is 35.4. The zero-order valence-corrected chi connectivity index (χ0v) is 9.32. The number of hydrogen-bond donors (Lipinski definition) is 1. The predicted octanol–water partition coefficient (Wildman–Crippen LogP) is -0.183. The van der Waals surface area contributed by atoms with Gasteiger partial charge in [0, 0.05) is 45.1 Å². The van der Waals surface area contributed by atoms with Crippen LogP contribution in [0.25, 0.3) is 0 Å². The summed E-state index contributed by atoms with van der Waals surface area (Å²) in [7, 11) is 0. The average Bonchev–Trinajstić information content (AvgIpc) is 2.86. The molecule has 1 N–H and O–H groups in total. The molecule has 0 aromatic carbocycles. The summed E-state index contributed by atoms with van der Waals surface area (Å²) in [4.78, 5) is 27.0. The summed E-state index contributed by atoms with van der Waals surface area (Å²) in [6.45, 7) is 3.41. The number of piperazine rings is 1. The Hall–Kier alpha value is -1.10. The Bertz CT molecular complexity index is 331. The lowest BCUT2D eigenvalue weighted by molar-refractivity contribution is -0.117. The van der Waals surface area contributed by atoms with E-state index in [1.165, 1.54) is 0 Å². The fourth-order valence-electron chi connectivity index (χ4n) is 3.07. The van der Waals surface area contributed by atoms with Gasteiger partial charge in [-0.25, -0.2) is 4.79 Å². The van der Waals surface area contributed by atoms with Crippen LogP contribution in [0.4, 0.5) is 4.79 Å². The summed E-state index contributed by atoms with van der Waals surface area (Å²) >= 11 is 0. The van der Waals surface area contributed by atoms with Crippen molar-refractivity contribution in [2.75, 3.05) is 26.2 Å². The molecule has 2 unspecified atom stereocenters. The van der Waals surface area contributed by atoms with E-state index in [4.69, 9.17) is 0 Å². The van der Waals surface area contributed by atoms with Gasteiger partial charge in [-0.3, -0.25) is 9.69 Å². The number of rotatable bonds is 1. The van der Waals surface area contributed by atoms with E-state index in [2.05, 4.69) is 10.2 Å². The second kappa shape index (κ2) is 3.73. The van der Waals surface area contributed by atoms with Crippen molar-refractivity contribution in [1.82, 2.24) is 15.1 Å². The Kier molecular flexibility index (Phi) is 2.35. The zero-order chi connectivity index (χ0) is 11.1. The molecule has 16 heavy (non-hydrogen) atoms. The first-order chi connectivity index (χ1) is 7.74. The molecule has 2 aliphatic heterocycles. The molecule has 1 aliphatic carbocycles. The van der Waals surface area contributed by atoms with Crippen LogP contribution in [0.2, 0.25) is 0 Å². The molecule has 5 nitrogen and oxygen atoms in total. The number of Topliss-reactive ketones (excluding diaryl/α,β-unsaturated/α-hetero) is 1. The minimum Gasteiger partial charge on any atom is -0.336 e. The molecule has 2 atom stereocenters.